The zero-order chi connectivity index (χ0) is 12.1. The fourth-order valence-electron chi connectivity index (χ4n) is 1.16. The summed E-state index contributed by atoms with van der Waals surface area (Å²) in [7, 11) is 0. The summed E-state index contributed by atoms with van der Waals surface area (Å²) < 4.78 is 0. The number of hydrogen-bond donors (Lipinski definition) is 1. The van der Waals surface area contributed by atoms with Crippen molar-refractivity contribution in [3.05, 3.63) is 33.9 Å². The van der Waals surface area contributed by atoms with Crippen LogP contribution in [0.2, 0.25) is 0 Å². The number of hydrogen-bond acceptors (Lipinski definition) is 4. The predicted octanol–water partition coefficient (Wildman–Crippen LogP) is 2.80. The summed E-state index contributed by atoms with van der Waals surface area (Å²) >= 11 is 1.49. The van der Waals surface area contributed by atoms with E-state index in [2.05, 4.69) is 0 Å². The summed E-state index contributed by atoms with van der Waals surface area (Å²) in [6.45, 7) is 2.01. The molecule has 0 amide bonds. The number of nitrogens with zero attached hydrogens (tertiary/aromatic N) is 1. The third kappa shape index (κ3) is 2.96. The first kappa shape index (κ1) is 12.5. The van der Waals surface area contributed by atoms with Crippen molar-refractivity contribution in [2.24, 2.45) is 0 Å². The van der Waals surface area contributed by atoms with E-state index in [1.54, 1.807) is 6.07 Å². The van der Waals surface area contributed by atoms with E-state index in [-0.39, 0.29) is 11.3 Å². The Morgan fingerprint density at radius 1 is 1.56 bits per heavy atom. The lowest BCUT2D eigenvalue weighted by Gasteiger charge is -2.02. The molecule has 1 aromatic carbocycles. The Kier molecular flexibility index (Phi) is 4.30. The van der Waals surface area contributed by atoms with Crippen LogP contribution in [0, 0.1) is 10.1 Å². The number of carbonyl (C=O) groups is 1. The Hall–Kier alpha value is -1.56. The quantitative estimate of drug-likeness (QED) is 0.487. The van der Waals surface area contributed by atoms with Crippen LogP contribution in [-0.2, 0) is 0 Å². The molecular weight excluding hydrogens is 230 g/mol. The molecule has 1 rings (SSSR count). The van der Waals surface area contributed by atoms with Gasteiger partial charge in [0, 0.05) is 11.0 Å². The first-order valence-electron chi connectivity index (χ1n) is 4.70. The molecule has 6 heteroatoms. The summed E-state index contributed by atoms with van der Waals surface area (Å²) in [6.07, 6.45) is 0.962. The average Bonchev–Trinajstić information content (AvgIpc) is 2.25. The maximum absolute atomic E-state index is 10.8. The molecule has 5 nitrogen and oxygen atoms in total. The van der Waals surface area contributed by atoms with Gasteiger partial charge < -0.3 is 5.11 Å². The van der Waals surface area contributed by atoms with Crippen molar-refractivity contribution in [2.75, 3.05) is 5.75 Å². The van der Waals surface area contributed by atoms with Gasteiger partial charge in [-0.05, 0) is 24.3 Å². The molecule has 0 radical (unpaired) electrons. The molecule has 0 bridgehead atoms. The third-order valence-corrected chi connectivity index (χ3v) is 3.07. The largest absolute Gasteiger partial charge is 0.477 e. The van der Waals surface area contributed by atoms with Crippen molar-refractivity contribution in [2.45, 2.75) is 18.2 Å². The minimum atomic E-state index is -1.27. The standard InChI is InChI=1S/C10H11NO4S/c1-2-5-16-7-3-4-9(11(14)15)8(6-7)10(12)13/h3-4,6H,2,5H2,1H3,(H,12,13). The summed E-state index contributed by atoms with van der Waals surface area (Å²) in [5.74, 6) is -0.415. The molecule has 0 atom stereocenters. The van der Waals surface area contributed by atoms with Crippen LogP contribution >= 0.6 is 11.8 Å². The molecule has 0 spiro atoms. The van der Waals surface area contributed by atoms with Gasteiger partial charge >= 0.3 is 5.97 Å². The number of thioether (sulfide) groups is 1. The van der Waals surface area contributed by atoms with E-state index >= 15 is 0 Å². The Morgan fingerprint density at radius 3 is 2.75 bits per heavy atom. The van der Waals surface area contributed by atoms with Crippen LogP contribution in [0.1, 0.15) is 23.7 Å². The Balaban J connectivity index is 3.07. The summed E-state index contributed by atoms with van der Waals surface area (Å²) in [5, 5.41) is 19.4. The van der Waals surface area contributed by atoms with Gasteiger partial charge in [-0.1, -0.05) is 6.92 Å². The highest BCUT2D eigenvalue weighted by Crippen LogP contribution is 2.26. The van der Waals surface area contributed by atoms with E-state index < -0.39 is 10.9 Å². The smallest absolute Gasteiger partial charge is 0.342 e. The number of benzene rings is 1. The van der Waals surface area contributed by atoms with Crippen LogP contribution in [-0.4, -0.2) is 21.8 Å². The van der Waals surface area contributed by atoms with E-state index in [0.29, 0.717) is 0 Å². The van der Waals surface area contributed by atoms with E-state index in [4.69, 9.17) is 5.11 Å². The number of carboxylic acids is 1. The second-order valence-corrected chi connectivity index (χ2v) is 4.26. The van der Waals surface area contributed by atoms with Crippen molar-refractivity contribution < 1.29 is 14.8 Å². The van der Waals surface area contributed by atoms with Crippen molar-refractivity contribution in [1.82, 2.24) is 0 Å². The molecule has 0 saturated carbocycles. The number of carboxylic acid groups (broad SMARTS) is 1. The second kappa shape index (κ2) is 5.50. The van der Waals surface area contributed by atoms with Gasteiger partial charge in [0.2, 0.25) is 0 Å². The molecular formula is C10H11NO4S. The summed E-state index contributed by atoms with van der Waals surface area (Å²) in [6, 6.07) is 4.16. The lowest BCUT2D eigenvalue weighted by molar-refractivity contribution is -0.385. The zero-order valence-electron chi connectivity index (χ0n) is 8.67. The SMILES string of the molecule is CCCSc1ccc([N+](=O)[O-])c(C(=O)O)c1. The first-order valence-corrected chi connectivity index (χ1v) is 5.69. The molecule has 0 heterocycles. The monoisotopic (exact) mass is 241 g/mol. The second-order valence-electron chi connectivity index (χ2n) is 3.09. The van der Waals surface area contributed by atoms with Crippen LogP contribution in [0.15, 0.2) is 23.1 Å². The van der Waals surface area contributed by atoms with Gasteiger partial charge in [0.1, 0.15) is 5.56 Å². The van der Waals surface area contributed by atoms with Gasteiger partial charge in [0.15, 0.2) is 0 Å². The lowest BCUT2D eigenvalue weighted by atomic mass is 10.2. The van der Waals surface area contributed by atoms with Gasteiger partial charge in [0.25, 0.3) is 5.69 Å². The van der Waals surface area contributed by atoms with Crippen LogP contribution < -0.4 is 0 Å². The summed E-state index contributed by atoms with van der Waals surface area (Å²) in [4.78, 5) is 21.5. The molecule has 86 valence electrons. The molecule has 0 unspecified atom stereocenters. The molecule has 0 fully saturated rings. The van der Waals surface area contributed by atoms with E-state index in [1.165, 1.54) is 23.9 Å². The van der Waals surface area contributed by atoms with Crippen molar-refractivity contribution in [3.63, 3.8) is 0 Å². The molecule has 0 aliphatic rings. The highest BCUT2D eigenvalue weighted by Gasteiger charge is 2.19. The van der Waals surface area contributed by atoms with Gasteiger partial charge in [-0.3, -0.25) is 10.1 Å². The topological polar surface area (TPSA) is 80.4 Å². The zero-order valence-corrected chi connectivity index (χ0v) is 9.49. The molecule has 0 saturated heterocycles. The van der Waals surface area contributed by atoms with E-state index in [9.17, 15) is 14.9 Å². The highest BCUT2D eigenvalue weighted by atomic mass is 32.2. The Labute approximate surface area is 96.6 Å². The number of nitro benzene ring substituents is 1. The predicted molar refractivity (Wildman–Crippen MR) is 61.1 cm³/mol. The number of rotatable bonds is 5. The molecule has 0 aliphatic carbocycles. The maximum atomic E-state index is 10.8. The highest BCUT2D eigenvalue weighted by molar-refractivity contribution is 7.99. The van der Waals surface area contributed by atoms with Crippen LogP contribution in [0.3, 0.4) is 0 Å². The lowest BCUT2D eigenvalue weighted by Crippen LogP contribution is -2.02. The molecule has 0 aliphatic heterocycles. The number of aromatic carboxylic acids is 1. The average molecular weight is 241 g/mol. The van der Waals surface area contributed by atoms with Crippen LogP contribution in [0.25, 0.3) is 0 Å². The summed E-state index contributed by atoms with van der Waals surface area (Å²) in [5.41, 5.74) is -0.626. The Morgan fingerprint density at radius 2 is 2.25 bits per heavy atom. The molecule has 16 heavy (non-hydrogen) atoms. The Bertz CT molecular complexity index is 419. The maximum Gasteiger partial charge on any atom is 0.342 e. The van der Waals surface area contributed by atoms with Gasteiger partial charge in [-0.15, -0.1) is 11.8 Å². The van der Waals surface area contributed by atoms with E-state index in [1.807, 2.05) is 6.92 Å². The first-order chi connectivity index (χ1) is 7.56. The molecule has 0 aromatic heterocycles. The number of nitro groups is 1. The molecule has 1 N–H and O–H groups in total. The fraction of sp³-hybridized carbons (Fsp3) is 0.300. The van der Waals surface area contributed by atoms with Gasteiger partial charge in [0.05, 0.1) is 4.92 Å². The van der Waals surface area contributed by atoms with Gasteiger partial charge in [-0.2, -0.15) is 0 Å². The van der Waals surface area contributed by atoms with Crippen LogP contribution in [0.5, 0.6) is 0 Å². The van der Waals surface area contributed by atoms with Crippen molar-refractivity contribution in [1.29, 1.82) is 0 Å². The fourth-order valence-corrected chi connectivity index (χ4v) is 1.96. The van der Waals surface area contributed by atoms with Gasteiger partial charge in [-0.25, -0.2) is 4.79 Å². The third-order valence-electron chi connectivity index (χ3n) is 1.87. The van der Waals surface area contributed by atoms with Crippen molar-refractivity contribution >= 4 is 23.4 Å². The van der Waals surface area contributed by atoms with Crippen LogP contribution in [0.4, 0.5) is 5.69 Å². The minimum Gasteiger partial charge on any atom is -0.477 e. The molecule has 1 aromatic rings. The van der Waals surface area contributed by atoms with Crippen molar-refractivity contribution in [3.8, 4) is 0 Å². The normalized spacial score (nSPS) is 10.1. The minimum absolute atomic E-state index is 0.258. The van der Waals surface area contributed by atoms with E-state index in [0.717, 1.165) is 17.1 Å².